The van der Waals surface area contributed by atoms with Gasteiger partial charge >= 0.3 is 5.97 Å². The van der Waals surface area contributed by atoms with Crippen molar-refractivity contribution < 1.29 is 14.5 Å². The van der Waals surface area contributed by atoms with Gasteiger partial charge < -0.3 is 4.74 Å². The van der Waals surface area contributed by atoms with Crippen molar-refractivity contribution in [2.45, 2.75) is 25.4 Å². The normalized spacial score (nSPS) is 15.1. The first-order valence-electron chi connectivity index (χ1n) is 5.23. The number of esters is 1. The van der Waals surface area contributed by atoms with Crippen molar-refractivity contribution >= 4 is 23.3 Å². The Morgan fingerprint density at radius 2 is 2.18 bits per heavy atom. The SMILES string of the molecule is O=C(OC1CCC1)c1ccc(Cl)c([N+](=O)[O-])c1. The minimum Gasteiger partial charge on any atom is -0.459 e. The monoisotopic (exact) mass is 255 g/mol. The predicted octanol–water partition coefficient (Wildman–Crippen LogP) is 2.96. The number of halogens is 1. The molecule has 1 saturated carbocycles. The number of carbonyl (C=O) groups excluding carboxylic acids is 1. The van der Waals surface area contributed by atoms with Crippen LogP contribution in [0.1, 0.15) is 29.6 Å². The van der Waals surface area contributed by atoms with Gasteiger partial charge in [0.1, 0.15) is 11.1 Å². The van der Waals surface area contributed by atoms with Crippen molar-refractivity contribution in [1.82, 2.24) is 0 Å². The first-order chi connectivity index (χ1) is 8.08. The molecule has 1 aromatic rings. The Kier molecular flexibility index (Phi) is 3.28. The van der Waals surface area contributed by atoms with E-state index in [0.29, 0.717) is 0 Å². The molecule has 0 heterocycles. The summed E-state index contributed by atoms with van der Waals surface area (Å²) in [6, 6.07) is 3.90. The standard InChI is InChI=1S/C11H10ClNO4/c12-9-5-4-7(6-10(9)13(15)16)11(14)17-8-2-1-3-8/h4-6,8H,1-3H2. The van der Waals surface area contributed by atoms with E-state index in [1.807, 2.05) is 0 Å². The Hall–Kier alpha value is -1.62. The van der Waals surface area contributed by atoms with Crippen molar-refractivity contribution in [3.8, 4) is 0 Å². The lowest BCUT2D eigenvalue weighted by Crippen LogP contribution is -2.25. The third kappa shape index (κ3) is 2.55. The lowest BCUT2D eigenvalue weighted by molar-refractivity contribution is -0.384. The van der Waals surface area contributed by atoms with Gasteiger partial charge in [0.15, 0.2) is 0 Å². The molecule has 0 aromatic heterocycles. The fourth-order valence-corrected chi connectivity index (χ4v) is 1.67. The van der Waals surface area contributed by atoms with Crippen molar-refractivity contribution in [2.24, 2.45) is 0 Å². The smallest absolute Gasteiger partial charge is 0.338 e. The largest absolute Gasteiger partial charge is 0.459 e. The minimum atomic E-state index is -0.623. The molecule has 1 fully saturated rings. The Labute approximate surface area is 102 Å². The van der Waals surface area contributed by atoms with Gasteiger partial charge in [0.25, 0.3) is 5.69 Å². The quantitative estimate of drug-likeness (QED) is 0.473. The van der Waals surface area contributed by atoms with Gasteiger partial charge in [-0.3, -0.25) is 10.1 Å². The van der Waals surface area contributed by atoms with Crippen LogP contribution in [0.2, 0.25) is 5.02 Å². The summed E-state index contributed by atoms with van der Waals surface area (Å²) in [5, 5.41) is 10.7. The zero-order chi connectivity index (χ0) is 12.4. The molecule has 0 amide bonds. The van der Waals surface area contributed by atoms with E-state index in [1.54, 1.807) is 0 Å². The summed E-state index contributed by atoms with van der Waals surface area (Å²) >= 11 is 5.65. The van der Waals surface area contributed by atoms with Crippen LogP contribution in [0.5, 0.6) is 0 Å². The van der Waals surface area contributed by atoms with Gasteiger partial charge in [-0.05, 0) is 31.4 Å². The third-order valence-corrected chi connectivity index (χ3v) is 3.02. The maximum Gasteiger partial charge on any atom is 0.338 e. The molecule has 1 aliphatic rings. The van der Waals surface area contributed by atoms with Crippen molar-refractivity contribution in [2.75, 3.05) is 0 Å². The fraction of sp³-hybridized carbons (Fsp3) is 0.364. The maximum atomic E-state index is 11.6. The van der Waals surface area contributed by atoms with E-state index in [4.69, 9.17) is 16.3 Å². The number of benzene rings is 1. The number of ether oxygens (including phenoxy) is 1. The summed E-state index contributed by atoms with van der Waals surface area (Å²) < 4.78 is 5.14. The number of rotatable bonds is 3. The molecule has 90 valence electrons. The van der Waals surface area contributed by atoms with Gasteiger partial charge in [0.2, 0.25) is 0 Å². The first kappa shape index (κ1) is 11.9. The molecule has 0 unspecified atom stereocenters. The molecule has 0 bridgehead atoms. The second-order valence-corrected chi connectivity index (χ2v) is 4.29. The van der Waals surface area contributed by atoms with Gasteiger partial charge in [0, 0.05) is 6.07 Å². The molecular weight excluding hydrogens is 246 g/mol. The third-order valence-electron chi connectivity index (χ3n) is 2.70. The summed E-state index contributed by atoms with van der Waals surface area (Å²) in [7, 11) is 0. The molecule has 0 spiro atoms. The summed E-state index contributed by atoms with van der Waals surface area (Å²) in [6.45, 7) is 0. The van der Waals surface area contributed by atoms with E-state index in [1.165, 1.54) is 12.1 Å². The average molecular weight is 256 g/mol. The van der Waals surface area contributed by atoms with E-state index < -0.39 is 10.9 Å². The number of hydrogen-bond donors (Lipinski definition) is 0. The Balaban J connectivity index is 2.17. The Bertz CT molecular complexity index is 471. The molecule has 0 atom stereocenters. The topological polar surface area (TPSA) is 69.4 Å². The van der Waals surface area contributed by atoms with E-state index in [2.05, 4.69) is 0 Å². The van der Waals surface area contributed by atoms with Gasteiger partial charge in [-0.1, -0.05) is 11.6 Å². The first-order valence-corrected chi connectivity index (χ1v) is 5.60. The summed E-state index contributed by atoms with van der Waals surface area (Å²) in [4.78, 5) is 21.7. The van der Waals surface area contributed by atoms with Crippen LogP contribution in [0.15, 0.2) is 18.2 Å². The number of nitro benzene ring substituents is 1. The highest BCUT2D eigenvalue weighted by molar-refractivity contribution is 6.32. The zero-order valence-electron chi connectivity index (χ0n) is 8.89. The lowest BCUT2D eigenvalue weighted by Gasteiger charge is -2.25. The van der Waals surface area contributed by atoms with Crippen LogP contribution in [0.25, 0.3) is 0 Å². The van der Waals surface area contributed by atoms with Gasteiger partial charge in [-0.15, -0.1) is 0 Å². The summed E-state index contributed by atoms with van der Waals surface area (Å²) in [5.74, 6) is -0.533. The van der Waals surface area contributed by atoms with Gasteiger partial charge in [-0.2, -0.15) is 0 Å². The lowest BCUT2D eigenvalue weighted by atomic mass is 9.96. The number of carbonyl (C=O) groups is 1. The Morgan fingerprint density at radius 3 is 2.71 bits per heavy atom. The highest BCUT2D eigenvalue weighted by Gasteiger charge is 2.24. The van der Waals surface area contributed by atoms with Crippen molar-refractivity contribution in [1.29, 1.82) is 0 Å². The number of nitro groups is 1. The van der Waals surface area contributed by atoms with E-state index in [-0.39, 0.29) is 22.4 Å². The molecule has 1 aliphatic carbocycles. The molecule has 6 heteroatoms. The van der Waals surface area contributed by atoms with Crippen molar-refractivity contribution in [3.05, 3.63) is 38.9 Å². The van der Waals surface area contributed by atoms with E-state index >= 15 is 0 Å². The number of nitrogens with zero attached hydrogens (tertiary/aromatic N) is 1. The van der Waals surface area contributed by atoms with Crippen LogP contribution >= 0.6 is 11.6 Å². The van der Waals surface area contributed by atoms with Gasteiger partial charge in [0.05, 0.1) is 10.5 Å². The highest BCUT2D eigenvalue weighted by Crippen LogP contribution is 2.27. The molecule has 1 aromatic carbocycles. The second-order valence-electron chi connectivity index (χ2n) is 3.88. The number of hydrogen-bond acceptors (Lipinski definition) is 4. The minimum absolute atomic E-state index is 0.00944. The van der Waals surface area contributed by atoms with Crippen LogP contribution < -0.4 is 0 Å². The predicted molar refractivity (Wildman–Crippen MR) is 61.2 cm³/mol. The summed E-state index contributed by atoms with van der Waals surface area (Å²) in [6.07, 6.45) is 2.74. The van der Waals surface area contributed by atoms with Crippen LogP contribution in [0.4, 0.5) is 5.69 Å². The zero-order valence-corrected chi connectivity index (χ0v) is 9.64. The Morgan fingerprint density at radius 1 is 1.47 bits per heavy atom. The average Bonchev–Trinajstić information content (AvgIpc) is 2.23. The van der Waals surface area contributed by atoms with E-state index in [9.17, 15) is 14.9 Å². The van der Waals surface area contributed by atoms with Crippen LogP contribution in [-0.2, 0) is 4.74 Å². The fourth-order valence-electron chi connectivity index (χ4n) is 1.49. The molecule has 0 saturated heterocycles. The van der Waals surface area contributed by atoms with Gasteiger partial charge in [-0.25, -0.2) is 4.79 Å². The molecule has 2 rings (SSSR count). The molecular formula is C11H10ClNO4. The van der Waals surface area contributed by atoms with Crippen molar-refractivity contribution in [3.63, 3.8) is 0 Å². The maximum absolute atomic E-state index is 11.6. The molecule has 0 radical (unpaired) electrons. The van der Waals surface area contributed by atoms with Crippen LogP contribution in [-0.4, -0.2) is 17.0 Å². The van der Waals surface area contributed by atoms with E-state index in [0.717, 1.165) is 25.3 Å². The molecule has 0 aliphatic heterocycles. The second kappa shape index (κ2) is 4.71. The van der Waals surface area contributed by atoms with Crippen LogP contribution in [0, 0.1) is 10.1 Å². The van der Waals surface area contributed by atoms with Crippen LogP contribution in [0.3, 0.4) is 0 Å². The molecule has 17 heavy (non-hydrogen) atoms. The molecule has 5 nitrogen and oxygen atoms in total. The molecule has 0 N–H and O–H groups in total. The summed E-state index contributed by atoms with van der Waals surface area (Å²) in [5.41, 5.74) is -0.122. The highest BCUT2D eigenvalue weighted by atomic mass is 35.5.